The molecule has 0 bridgehead atoms. The van der Waals surface area contributed by atoms with Gasteiger partial charge in [0.25, 0.3) is 0 Å². The van der Waals surface area contributed by atoms with Crippen molar-refractivity contribution < 1.29 is 0 Å². The maximum atomic E-state index is 2.41. The van der Waals surface area contributed by atoms with Crippen molar-refractivity contribution in [1.82, 2.24) is 0 Å². The van der Waals surface area contributed by atoms with Gasteiger partial charge in [-0.25, -0.2) is 0 Å². The monoisotopic (exact) mass is 462 g/mol. The van der Waals surface area contributed by atoms with Gasteiger partial charge in [-0.2, -0.15) is 0 Å². The van der Waals surface area contributed by atoms with Gasteiger partial charge in [-0.05, 0) is 87.3 Å². The maximum absolute atomic E-state index is 2.41. The van der Waals surface area contributed by atoms with Gasteiger partial charge >= 0.3 is 0 Å². The number of rotatable bonds is 5. The second-order valence-electron chi connectivity index (χ2n) is 9.96. The summed E-state index contributed by atoms with van der Waals surface area (Å²) in [4.78, 5) is 0. The van der Waals surface area contributed by atoms with E-state index in [0.717, 1.165) is 12.8 Å². The van der Waals surface area contributed by atoms with Crippen LogP contribution in [-0.2, 0) is 12.8 Å². The van der Waals surface area contributed by atoms with Crippen molar-refractivity contribution in [2.24, 2.45) is 0 Å². The molecule has 6 aromatic carbocycles. The first kappa shape index (κ1) is 22.3. The average molecular weight is 463 g/mol. The summed E-state index contributed by atoms with van der Waals surface area (Å²) < 4.78 is 0. The molecule has 0 N–H and O–H groups in total. The lowest BCUT2D eigenvalue weighted by Crippen LogP contribution is -1.92. The molecule has 0 radical (unpaired) electrons. The van der Waals surface area contributed by atoms with Gasteiger partial charge in [0.15, 0.2) is 0 Å². The number of benzene rings is 6. The fourth-order valence-electron chi connectivity index (χ4n) is 5.19. The number of hydrogen-bond acceptors (Lipinski definition) is 0. The van der Waals surface area contributed by atoms with Crippen LogP contribution in [0.4, 0.5) is 0 Å². The fourth-order valence-corrected chi connectivity index (χ4v) is 5.19. The van der Waals surface area contributed by atoms with E-state index in [1.165, 1.54) is 65.7 Å². The minimum Gasteiger partial charge on any atom is -0.0616 e. The molecule has 174 valence electrons. The Bertz CT molecular complexity index is 1700. The summed E-state index contributed by atoms with van der Waals surface area (Å²) in [6.07, 6.45) is 6.53. The van der Waals surface area contributed by atoms with Crippen molar-refractivity contribution in [3.05, 3.63) is 143 Å². The Morgan fingerprint density at radius 2 is 0.889 bits per heavy atom. The Hall–Kier alpha value is -4.16. The molecule has 0 heteroatoms. The lowest BCUT2D eigenvalue weighted by molar-refractivity contribution is 0.961. The highest BCUT2D eigenvalue weighted by Gasteiger charge is 2.10. The van der Waals surface area contributed by atoms with E-state index < -0.39 is 0 Å². The van der Waals surface area contributed by atoms with Crippen LogP contribution >= 0.6 is 0 Å². The standard InChI is InChI=1S/C36H30/c1-25-7-11-27(12-8-25)15-17-29-19-21-33-34-22-20-30(18-16-28-13-9-26(2)10-14-28)24-36(34)32-6-4-3-5-31(32)35(33)23-29/h3-15,17,19-24H,16,18H2,1-2H3. The summed E-state index contributed by atoms with van der Waals surface area (Å²) in [6.45, 7) is 4.27. The molecule has 6 aromatic rings. The summed E-state index contributed by atoms with van der Waals surface area (Å²) >= 11 is 0. The van der Waals surface area contributed by atoms with Gasteiger partial charge in [-0.3, -0.25) is 0 Å². The predicted molar refractivity (Wildman–Crippen MR) is 158 cm³/mol. The number of aryl methyl sites for hydroxylation is 4. The number of fused-ring (bicyclic) bond motifs is 6. The largest absolute Gasteiger partial charge is 0.0616 e. The third-order valence-corrected chi connectivity index (χ3v) is 7.29. The summed E-state index contributed by atoms with van der Waals surface area (Å²) in [5, 5.41) is 7.97. The highest BCUT2D eigenvalue weighted by molar-refractivity contribution is 6.25. The zero-order valence-corrected chi connectivity index (χ0v) is 21.0. The van der Waals surface area contributed by atoms with E-state index in [1.54, 1.807) is 0 Å². The Balaban J connectivity index is 1.40. The predicted octanol–water partition coefficient (Wildman–Crippen LogP) is 9.72. The third kappa shape index (κ3) is 4.43. The van der Waals surface area contributed by atoms with Gasteiger partial charge in [0.2, 0.25) is 0 Å². The molecule has 0 saturated heterocycles. The van der Waals surface area contributed by atoms with Gasteiger partial charge < -0.3 is 0 Å². The fraction of sp³-hybridized carbons (Fsp3) is 0.111. The Labute approximate surface area is 213 Å². The van der Waals surface area contributed by atoms with Crippen LogP contribution in [0.15, 0.2) is 109 Å². The zero-order valence-electron chi connectivity index (χ0n) is 21.0. The van der Waals surface area contributed by atoms with Gasteiger partial charge in [0, 0.05) is 0 Å². The van der Waals surface area contributed by atoms with Gasteiger partial charge in [-0.1, -0.05) is 126 Å². The van der Waals surface area contributed by atoms with Crippen LogP contribution in [0.1, 0.15) is 33.4 Å². The molecule has 0 nitrogen and oxygen atoms in total. The van der Waals surface area contributed by atoms with Crippen LogP contribution in [0.25, 0.3) is 44.5 Å². The van der Waals surface area contributed by atoms with Crippen molar-refractivity contribution in [2.45, 2.75) is 26.7 Å². The SMILES string of the molecule is Cc1ccc(C=Cc2ccc3c4ccc(CCc5ccc(C)cc5)cc4c4ccccc4c3c2)cc1. The van der Waals surface area contributed by atoms with Gasteiger partial charge in [-0.15, -0.1) is 0 Å². The summed E-state index contributed by atoms with van der Waals surface area (Å²) in [5.41, 5.74) is 7.84. The van der Waals surface area contributed by atoms with E-state index >= 15 is 0 Å². The lowest BCUT2D eigenvalue weighted by Gasteiger charge is -2.13. The summed E-state index contributed by atoms with van der Waals surface area (Å²) in [6, 6.07) is 40.4. The molecule has 0 atom stereocenters. The highest BCUT2D eigenvalue weighted by atomic mass is 14.1. The van der Waals surface area contributed by atoms with Crippen LogP contribution in [0.2, 0.25) is 0 Å². The summed E-state index contributed by atoms with van der Waals surface area (Å²) in [7, 11) is 0. The van der Waals surface area contributed by atoms with E-state index in [9.17, 15) is 0 Å². The van der Waals surface area contributed by atoms with Crippen LogP contribution in [-0.4, -0.2) is 0 Å². The van der Waals surface area contributed by atoms with E-state index in [4.69, 9.17) is 0 Å². The minimum absolute atomic E-state index is 1.05. The molecule has 0 aliphatic heterocycles. The molecule has 0 saturated carbocycles. The Morgan fingerprint density at radius 1 is 0.417 bits per heavy atom. The molecule has 0 spiro atoms. The van der Waals surface area contributed by atoms with E-state index in [-0.39, 0.29) is 0 Å². The van der Waals surface area contributed by atoms with Crippen LogP contribution in [0.3, 0.4) is 0 Å². The Kier molecular flexibility index (Phi) is 5.87. The first-order valence-corrected chi connectivity index (χ1v) is 12.8. The quantitative estimate of drug-likeness (QED) is 0.177. The van der Waals surface area contributed by atoms with Crippen molar-refractivity contribution in [1.29, 1.82) is 0 Å². The normalized spacial score (nSPS) is 11.7. The van der Waals surface area contributed by atoms with Crippen molar-refractivity contribution in [3.63, 3.8) is 0 Å². The molecule has 0 heterocycles. The van der Waals surface area contributed by atoms with Crippen LogP contribution in [0, 0.1) is 13.8 Å². The highest BCUT2D eigenvalue weighted by Crippen LogP contribution is 2.36. The summed E-state index contributed by atoms with van der Waals surface area (Å²) in [5.74, 6) is 0. The van der Waals surface area contributed by atoms with E-state index in [1.807, 2.05) is 0 Å². The van der Waals surface area contributed by atoms with Gasteiger partial charge in [0.05, 0.1) is 0 Å². The second-order valence-corrected chi connectivity index (χ2v) is 9.96. The minimum atomic E-state index is 1.05. The van der Waals surface area contributed by atoms with Crippen molar-refractivity contribution >= 4 is 44.5 Å². The molecular weight excluding hydrogens is 432 g/mol. The average Bonchev–Trinajstić information content (AvgIpc) is 2.92. The maximum Gasteiger partial charge on any atom is -0.00930 e. The molecule has 36 heavy (non-hydrogen) atoms. The van der Waals surface area contributed by atoms with Crippen molar-refractivity contribution in [2.75, 3.05) is 0 Å². The van der Waals surface area contributed by atoms with E-state index in [0.29, 0.717) is 0 Å². The molecule has 0 fully saturated rings. The van der Waals surface area contributed by atoms with Gasteiger partial charge in [0.1, 0.15) is 0 Å². The molecule has 0 unspecified atom stereocenters. The lowest BCUT2D eigenvalue weighted by atomic mass is 9.91. The van der Waals surface area contributed by atoms with Crippen LogP contribution < -0.4 is 0 Å². The van der Waals surface area contributed by atoms with E-state index in [2.05, 4.69) is 135 Å². The molecule has 0 aliphatic rings. The molecule has 0 aliphatic carbocycles. The molecule has 6 rings (SSSR count). The third-order valence-electron chi connectivity index (χ3n) is 7.29. The second kappa shape index (κ2) is 9.47. The van der Waals surface area contributed by atoms with Crippen molar-refractivity contribution in [3.8, 4) is 0 Å². The molecule has 0 amide bonds. The first-order valence-electron chi connectivity index (χ1n) is 12.8. The first-order chi connectivity index (χ1) is 17.6. The molecular formula is C36H30. The molecule has 0 aromatic heterocycles. The number of hydrogen-bond donors (Lipinski definition) is 0. The topological polar surface area (TPSA) is 0 Å². The Morgan fingerprint density at radius 3 is 1.58 bits per heavy atom. The zero-order chi connectivity index (χ0) is 24.5. The smallest absolute Gasteiger partial charge is 0.00930 e. The van der Waals surface area contributed by atoms with Crippen LogP contribution in [0.5, 0.6) is 0 Å².